The fraction of sp³-hybridized carbons (Fsp3) is 0.0500. The third-order valence-electron chi connectivity index (χ3n) is 13.2. The van der Waals surface area contributed by atoms with Crippen LogP contribution in [0.1, 0.15) is 25.0 Å². The Kier molecular flexibility index (Phi) is 8.52. The highest BCUT2D eigenvalue weighted by molar-refractivity contribution is 6.13. The number of fused-ring (bicyclic) bond motifs is 7. The Labute approximate surface area is 367 Å². The molecule has 296 valence electrons. The molecule has 0 atom stereocenters. The van der Waals surface area contributed by atoms with E-state index in [1.165, 1.54) is 66.1 Å². The molecule has 1 aliphatic carbocycles. The summed E-state index contributed by atoms with van der Waals surface area (Å²) in [4.78, 5) is 14.9. The van der Waals surface area contributed by atoms with Crippen molar-refractivity contribution < 1.29 is 0 Å². The van der Waals surface area contributed by atoms with Gasteiger partial charge >= 0.3 is 0 Å². The highest BCUT2D eigenvalue weighted by Crippen LogP contribution is 2.55. The molecule has 0 unspecified atom stereocenters. The molecule has 0 saturated carbocycles. The molecule has 0 N–H and O–H groups in total. The van der Waals surface area contributed by atoms with Gasteiger partial charge in [-0.25, -0.2) is 9.97 Å². The van der Waals surface area contributed by atoms with Crippen molar-refractivity contribution in [1.82, 2.24) is 15.0 Å². The Morgan fingerprint density at radius 3 is 1.54 bits per heavy atom. The summed E-state index contributed by atoms with van der Waals surface area (Å²) in [6.45, 7) is 4.78. The molecule has 3 heteroatoms. The van der Waals surface area contributed by atoms with E-state index in [-0.39, 0.29) is 5.41 Å². The van der Waals surface area contributed by atoms with Gasteiger partial charge in [0.15, 0.2) is 5.82 Å². The summed E-state index contributed by atoms with van der Waals surface area (Å²) in [5.74, 6) is 0.694. The quantitative estimate of drug-likeness (QED) is 0.168. The van der Waals surface area contributed by atoms with Gasteiger partial charge in [0, 0.05) is 34.5 Å². The lowest BCUT2D eigenvalue weighted by Gasteiger charge is -2.25. The topological polar surface area (TPSA) is 38.7 Å². The Morgan fingerprint density at radius 2 is 0.889 bits per heavy atom. The van der Waals surface area contributed by atoms with Gasteiger partial charge < -0.3 is 0 Å². The zero-order valence-electron chi connectivity index (χ0n) is 35.0. The maximum absolute atomic E-state index is 5.30. The third kappa shape index (κ3) is 6.00. The molecule has 3 nitrogen and oxygen atoms in total. The van der Waals surface area contributed by atoms with Crippen molar-refractivity contribution in [3.05, 3.63) is 224 Å². The van der Waals surface area contributed by atoms with Gasteiger partial charge in [-0.3, -0.25) is 4.98 Å². The van der Waals surface area contributed by atoms with Crippen LogP contribution < -0.4 is 0 Å². The molecule has 0 spiro atoms. The Morgan fingerprint density at radius 1 is 0.365 bits per heavy atom. The first-order chi connectivity index (χ1) is 31.0. The minimum Gasteiger partial charge on any atom is -0.264 e. The summed E-state index contributed by atoms with van der Waals surface area (Å²) in [5, 5.41) is 7.33. The van der Waals surface area contributed by atoms with E-state index in [2.05, 4.69) is 207 Å². The summed E-state index contributed by atoms with van der Waals surface area (Å²) >= 11 is 0. The predicted molar refractivity (Wildman–Crippen MR) is 263 cm³/mol. The average molecular weight is 804 g/mol. The van der Waals surface area contributed by atoms with E-state index in [1.807, 2.05) is 18.3 Å². The second-order valence-electron chi connectivity index (χ2n) is 17.1. The lowest BCUT2D eigenvalue weighted by atomic mass is 9.78. The van der Waals surface area contributed by atoms with E-state index in [4.69, 9.17) is 9.97 Å². The average Bonchev–Trinajstić information content (AvgIpc) is 3.60. The van der Waals surface area contributed by atoms with Crippen molar-refractivity contribution in [3.8, 4) is 78.4 Å². The van der Waals surface area contributed by atoms with Gasteiger partial charge in [0.05, 0.1) is 11.4 Å². The van der Waals surface area contributed by atoms with Crippen LogP contribution in [0.2, 0.25) is 0 Å². The van der Waals surface area contributed by atoms with Crippen molar-refractivity contribution >= 4 is 32.3 Å². The minimum atomic E-state index is -0.166. The van der Waals surface area contributed by atoms with Gasteiger partial charge in [-0.2, -0.15) is 0 Å². The van der Waals surface area contributed by atoms with Crippen molar-refractivity contribution in [2.75, 3.05) is 0 Å². The summed E-state index contributed by atoms with van der Waals surface area (Å²) in [7, 11) is 0. The minimum absolute atomic E-state index is 0.166. The van der Waals surface area contributed by atoms with E-state index in [9.17, 15) is 0 Å². The fourth-order valence-corrected chi connectivity index (χ4v) is 10.2. The molecule has 0 amide bonds. The van der Waals surface area contributed by atoms with Crippen LogP contribution >= 0.6 is 0 Å². The number of aromatic nitrogens is 3. The van der Waals surface area contributed by atoms with E-state index >= 15 is 0 Å². The van der Waals surface area contributed by atoms with Crippen molar-refractivity contribution in [2.24, 2.45) is 0 Å². The molecule has 0 saturated heterocycles. The van der Waals surface area contributed by atoms with E-state index < -0.39 is 0 Å². The summed E-state index contributed by atoms with van der Waals surface area (Å²) in [6.07, 6.45) is 3.70. The van der Waals surface area contributed by atoms with Crippen LogP contribution in [0.15, 0.2) is 213 Å². The standard InChI is InChI=1S/C60H41N3/c1-60(2)54-34-29-39-14-6-7-18-43(39)57(54)53-24-12-23-51(58(53)60)50-31-30-48(44-19-8-9-20-45(44)50)49-32-33-52(47-22-11-10-21-46(47)49)59-62-55(40-15-4-3-5-16-40)36-56(63-59)41-27-25-38(26-28-41)42-17-13-35-61-37-42/h3-37H,1-2H3. The van der Waals surface area contributed by atoms with Gasteiger partial charge in [-0.05, 0) is 106 Å². The zero-order valence-corrected chi connectivity index (χ0v) is 35.0. The smallest absolute Gasteiger partial charge is 0.161 e. The largest absolute Gasteiger partial charge is 0.264 e. The van der Waals surface area contributed by atoms with Crippen molar-refractivity contribution in [3.63, 3.8) is 0 Å². The fourth-order valence-electron chi connectivity index (χ4n) is 10.2. The van der Waals surface area contributed by atoms with Crippen LogP contribution in [-0.4, -0.2) is 15.0 Å². The first-order valence-electron chi connectivity index (χ1n) is 21.7. The van der Waals surface area contributed by atoms with E-state index in [1.54, 1.807) is 6.20 Å². The van der Waals surface area contributed by atoms with E-state index in [0.29, 0.717) is 5.82 Å². The number of hydrogen-bond donors (Lipinski definition) is 0. The van der Waals surface area contributed by atoms with Gasteiger partial charge in [-0.1, -0.05) is 196 Å². The molecular formula is C60H41N3. The van der Waals surface area contributed by atoms with Crippen LogP contribution in [0.4, 0.5) is 0 Å². The van der Waals surface area contributed by atoms with Crippen LogP contribution in [0, 0.1) is 0 Å². The van der Waals surface area contributed by atoms with Crippen LogP contribution in [0.5, 0.6) is 0 Å². The molecule has 0 fully saturated rings. The molecule has 2 heterocycles. The van der Waals surface area contributed by atoms with Crippen molar-refractivity contribution in [2.45, 2.75) is 19.3 Å². The molecule has 11 aromatic rings. The highest BCUT2D eigenvalue weighted by Gasteiger charge is 2.38. The number of benzene rings is 9. The first-order valence-corrected chi connectivity index (χ1v) is 21.7. The molecule has 63 heavy (non-hydrogen) atoms. The van der Waals surface area contributed by atoms with Crippen LogP contribution in [-0.2, 0) is 5.41 Å². The molecule has 9 aromatic carbocycles. The first kappa shape index (κ1) is 36.8. The number of pyridine rings is 1. The Bertz CT molecular complexity index is 3570. The van der Waals surface area contributed by atoms with Gasteiger partial charge in [-0.15, -0.1) is 0 Å². The number of rotatable bonds is 6. The van der Waals surface area contributed by atoms with E-state index in [0.717, 1.165) is 50.0 Å². The maximum atomic E-state index is 5.30. The second kappa shape index (κ2) is 14.6. The Balaban J connectivity index is 0.999. The lowest BCUT2D eigenvalue weighted by Crippen LogP contribution is -2.16. The molecule has 2 aromatic heterocycles. The third-order valence-corrected chi connectivity index (χ3v) is 13.2. The summed E-state index contributed by atoms with van der Waals surface area (Å²) in [6, 6.07) is 72.3. The number of nitrogens with zero attached hydrogens (tertiary/aromatic N) is 3. The normalized spacial score (nSPS) is 12.7. The monoisotopic (exact) mass is 803 g/mol. The molecular weight excluding hydrogens is 763 g/mol. The van der Waals surface area contributed by atoms with Gasteiger partial charge in [0.2, 0.25) is 0 Å². The highest BCUT2D eigenvalue weighted by atomic mass is 14.9. The molecule has 12 rings (SSSR count). The molecule has 0 bridgehead atoms. The van der Waals surface area contributed by atoms with Crippen LogP contribution in [0.25, 0.3) is 111 Å². The summed E-state index contributed by atoms with van der Waals surface area (Å²) in [5.41, 5.74) is 17.3. The zero-order chi connectivity index (χ0) is 42.1. The summed E-state index contributed by atoms with van der Waals surface area (Å²) < 4.78 is 0. The SMILES string of the molecule is CC1(C)c2ccc3ccccc3c2-c2cccc(-c3ccc(-c4ccc(-c5nc(-c6ccccc6)cc(-c6ccc(-c7cccnc7)cc6)n5)c5ccccc45)c4ccccc34)c21. The molecule has 1 aliphatic rings. The molecule has 0 aliphatic heterocycles. The van der Waals surface area contributed by atoms with Crippen molar-refractivity contribution in [1.29, 1.82) is 0 Å². The van der Waals surface area contributed by atoms with Gasteiger partial charge in [0.1, 0.15) is 0 Å². The number of hydrogen-bond acceptors (Lipinski definition) is 3. The Hall–Kier alpha value is -8.01. The van der Waals surface area contributed by atoms with Crippen LogP contribution in [0.3, 0.4) is 0 Å². The predicted octanol–water partition coefficient (Wildman–Crippen LogP) is 15.6. The second-order valence-corrected chi connectivity index (χ2v) is 17.1. The lowest BCUT2D eigenvalue weighted by molar-refractivity contribution is 0.662. The van der Waals surface area contributed by atoms with Gasteiger partial charge in [0.25, 0.3) is 0 Å². The molecule has 0 radical (unpaired) electrons. The maximum Gasteiger partial charge on any atom is 0.161 e.